The average molecular weight is 554 g/mol. The Morgan fingerprint density at radius 2 is 1.87 bits per heavy atom. The lowest BCUT2D eigenvalue weighted by Gasteiger charge is -2.32. The van der Waals surface area contributed by atoms with Crippen LogP contribution >= 0.6 is 11.3 Å². The van der Waals surface area contributed by atoms with Crippen molar-refractivity contribution >= 4 is 17.2 Å². The standard InChI is InChI=1S/C30H30F3N3O2S/c1-6-38-23-16-19-12-13-36-26(22(19)17-21(23)18-9-7-10-20(15-18)30(31,32)33)25(24-11-8-14-39-24)34-27(36)28(37)35(5)29(2,3)4/h7-11,14-17H,6,12-13H2,1-5H3. The van der Waals surface area contributed by atoms with E-state index >= 15 is 0 Å². The Bertz CT molecular complexity index is 1530. The van der Waals surface area contributed by atoms with Gasteiger partial charge in [0.15, 0.2) is 5.82 Å². The normalized spacial score (nSPS) is 13.1. The Morgan fingerprint density at radius 3 is 2.51 bits per heavy atom. The summed E-state index contributed by atoms with van der Waals surface area (Å²) in [6.07, 6.45) is -3.83. The molecular weight excluding hydrogens is 523 g/mol. The van der Waals surface area contributed by atoms with Crippen LogP contribution in [-0.4, -0.2) is 39.6 Å². The van der Waals surface area contributed by atoms with E-state index in [2.05, 4.69) is 0 Å². The number of nitrogens with zero attached hydrogens (tertiary/aromatic N) is 3. The second kappa shape index (κ2) is 9.86. The van der Waals surface area contributed by atoms with Gasteiger partial charge in [-0.25, -0.2) is 4.98 Å². The van der Waals surface area contributed by atoms with Crippen LogP contribution in [0.4, 0.5) is 13.2 Å². The number of hydrogen-bond acceptors (Lipinski definition) is 4. The van der Waals surface area contributed by atoms with Gasteiger partial charge in [-0.05, 0) is 81.0 Å². The highest BCUT2D eigenvalue weighted by Crippen LogP contribution is 2.45. The SMILES string of the molecule is CCOc1cc2c(cc1-c1cccc(C(F)(F)F)c1)-c1c(-c3cccs3)nc(C(=O)N(C)C(C)(C)C)n1CC2. The first-order valence-corrected chi connectivity index (χ1v) is 13.7. The van der Waals surface area contributed by atoms with Crippen molar-refractivity contribution in [3.63, 3.8) is 0 Å². The number of aryl methyl sites for hydroxylation is 1. The Labute approximate surface area is 229 Å². The number of aromatic nitrogens is 2. The van der Waals surface area contributed by atoms with E-state index in [9.17, 15) is 18.0 Å². The van der Waals surface area contributed by atoms with Crippen LogP contribution in [0.1, 0.15) is 49.4 Å². The number of carbonyl (C=O) groups excluding carboxylic acids is 1. The van der Waals surface area contributed by atoms with E-state index in [0.717, 1.165) is 33.8 Å². The number of fused-ring (bicyclic) bond motifs is 3. The minimum absolute atomic E-state index is 0.181. The molecule has 9 heteroatoms. The summed E-state index contributed by atoms with van der Waals surface area (Å²) in [5.41, 5.74) is 3.18. The van der Waals surface area contributed by atoms with Gasteiger partial charge in [-0.1, -0.05) is 18.2 Å². The number of amides is 1. The quantitative estimate of drug-likeness (QED) is 0.253. The maximum atomic E-state index is 13.6. The lowest BCUT2D eigenvalue weighted by atomic mass is 9.91. The predicted octanol–water partition coefficient (Wildman–Crippen LogP) is 7.79. The van der Waals surface area contributed by atoms with Gasteiger partial charge in [0.05, 0.1) is 22.7 Å². The van der Waals surface area contributed by atoms with Crippen LogP contribution in [0.3, 0.4) is 0 Å². The van der Waals surface area contributed by atoms with E-state index in [1.54, 1.807) is 18.0 Å². The zero-order valence-corrected chi connectivity index (χ0v) is 23.3. The summed E-state index contributed by atoms with van der Waals surface area (Å²) in [5, 5.41) is 1.96. The number of imidazole rings is 1. The molecule has 204 valence electrons. The number of carbonyl (C=O) groups is 1. The van der Waals surface area contributed by atoms with Crippen LogP contribution in [0.15, 0.2) is 53.9 Å². The molecule has 2 aromatic carbocycles. The molecule has 0 fully saturated rings. The van der Waals surface area contributed by atoms with E-state index in [-0.39, 0.29) is 5.91 Å². The van der Waals surface area contributed by atoms with Crippen LogP contribution in [0.5, 0.6) is 5.75 Å². The molecule has 0 atom stereocenters. The van der Waals surface area contributed by atoms with Crippen molar-refractivity contribution in [3.8, 4) is 38.7 Å². The number of alkyl halides is 3. The minimum Gasteiger partial charge on any atom is -0.493 e. The number of hydrogen-bond donors (Lipinski definition) is 0. The van der Waals surface area contributed by atoms with Crippen molar-refractivity contribution in [2.75, 3.05) is 13.7 Å². The highest BCUT2D eigenvalue weighted by atomic mass is 32.1. The molecule has 0 aliphatic carbocycles. The first-order chi connectivity index (χ1) is 18.4. The third kappa shape index (κ3) is 4.95. The lowest BCUT2D eigenvalue weighted by molar-refractivity contribution is -0.137. The Kier molecular flexibility index (Phi) is 6.83. The van der Waals surface area contributed by atoms with Crippen LogP contribution in [0.2, 0.25) is 0 Å². The summed E-state index contributed by atoms with van der Waals surface area (Å²) in [5.74, 6) is 0.704. The summed E-state index contributed by atoms with van der Waals surface area (Å²) in [6.45, 7) is 8.68. The van der Waals surface area contributed by atoms with Crippen LogP contribution < -0.4 is 4.74 Å². The van der Waals surface area contributed by atoms with Crippen LogP contribution in [-0.2, 0) is 19.1 Å². The molecule has 0 spiro atoms. The zero-order valence-electron chi connectivity index (χ0n) is 22.5. The molecule has 5 nitrogen and oxygen atoms in total. The molecule has 1 aliphatic heterocycles. The van der Waals surface area contributed by atoms with Gasteiger partial charge in [0.25, 0.3) is 5.91 Å². The van der Waals surface area contributed by atoms with Crippen molar-refractivity contribution in [2.24, 2.45) is 0 Å². The lowest BCUT2D eigenvalue weighted by Crippen LogP contribution is -2.43. The second-order valence-corrected chi connectivity index (χ2v) is 11.5. The van der Waals surface area contributed by atoms with E-state index in [1.807, 2.05) is 61.9 Å². The molecule has 2 aromatic heterocycles. The topological polar surface area (TPSA) is 47.4 Å². The van der Waals surface area contributed by atoms with E-state index in [1.165, 1.54) is 17.4 Å². The highest BCUT2D eigenvalue weighted by molar-refractivity contribution is 7.13. The van der Waals surface area contributed by atoms with Gasteiger partial charge < -0.3 is 14.2 Å². The monoisotopic (exact) mass is 553 g/mol. The minimum atomic E-state index is -4.46. The summed E-state index contributed by atoms with van der Waals surface area (Å²) in [6, 6.07) is 13.0. The molecular formula is C30H30F3N3O2S. The molecule has 3 heterocycles. The summed E-state index contributed by atoms with van der Waals surface area (Å²) in [4.78, 5) is 21.1. The van der Waals surface area contributed by atoms with Crippen LogP contribution in [0.25, 0.3) is 33.0 Å². The molecule has 39 heavy (non-hydrogen) atoms. The summed E-state index contributed by atoms with van der Waals surface area (Å²) in [7, 11) is 1.77. The Balaban J connectivity index is 1.75. The predicted molar refractivity (Wildman–Crippen MR) is 148 cm³/mol. The molecule has 1 aliphatic rings. The molecule has 1 amide bonds. The highest BCUT2D eigenvalue weighted by Gasteiger charge is 2.34. The fourth-order valence-electron chi connectivity index (χ4n) is 4.79. The second-order valence-electron chi connectivity index (χ2n) is 10.6. The molecule has 4 aromatic rings. The first-order valence-electron chi connectivity index (χ1n) is 12.8. The number of benzene rings is 2. The summed E-state index contributed by atoms with van der Waals surface area (Å²) < 4.78 is 48.6. The molecule has 0 bridgehead atoms. The maximum absolute atomic E-state index is 13.6. The molecule has 0 saturated carbocycles. The van der Waals surface area contributed by atoms with E-state index in [0.29, 0.717) is 48.0 Å². The van der Waals surface area contributed by atoms with Crippen molar-refractivity contribution in [2.45, 2.75) is 52.4 Å². The van der Waals surface area contributed by atoms with Crippen molar-refractivity contribution < 1.29 is 22.7 Å². The van der Waals surface area contributed by atoms with E-state index in [4.69, 9.17) is 9.72 Å². The molecule has 0 saturated heterocycles. The van der Waals surface area contributed by atoms with Gasteiger partial charge in [0, 0.05) is 30.3 Å². The molecule has 0 N–H and O–H groups in total. The number of ether oxygens (including phenoxy) is 1. The maximum Gasteiger partial charge on any atom is 0.416 e. The van der Waals surface area contributed by atoms with Gasteiger partial charge in [0.1, 0.15) is 11.4 Å². The van der Waals surface area contributed by atoms with Crippen molar-refractivity contribution in [1.82, 2.24) is 14.5 Å². The van der Waals surface area contributed by atoms with Gasteiger partial charge in [-0.2, -0.15) is 13.2 Å². The Morgan fingerprint density at radius 1 is 1.10 bits per heavy atom. The van der Waals surface area contributed by atoms with E-state index < -0.39 is 17.3 Å². The fraction of sp³-hybridized carbons (Fsp3) is 0.333. The first kappa shape index (κ1) is 27.0. The third-order valence-corrected chi connectivity index (χ3v) is 7.97. The number of halogens is 3. The Hall–Kier alpha value is -3.59. The molecule has 0 radical (unpaired) electrons. The van der Waals surface area contributed by atoms with Crippen molar-refractivity contribution in [3.05, 3.63) is 70.9 Å². The van der Waals surface area contributed by atoms with Crippen molar-refractivity contribution in [1.29, 1.82) is 0 Å². The third-order valence-electron chi connectivity index (χ3n) is 7.09. The average Bonchev–Trinajstić information content (AvgIpc) is 3.55. The number of thiophene rings is 1. The smallest absolute Gasteiger partial charge is 0.416 e. The van der Waals surface area contributed by atoms with Gasteiger partial charge in [-0.15, -0.1) is 11.3 Å². The van der Waals surface area contributed by atoms with Crippen LogP contribution in [0, 0.1) is 0 Å². The molecule has 5 rings (SSSR count). The van der Waals surface area contributed by atoms with Gasteiger partial charge >= 0.3 is 6.18 Å². The fourth-order valence-corrected chi connectivity index (χ4v) is 5.51. The zero-order chi connectivity index (χ0) is 28.1. The summed E-state index contributed by atoms with van der Waals surface area (Å²) >= 11 is 1.53. The molecule has 0 unspecified atom stereocenters. The number of rotatable bonds is 5. The van der Waals surface area contributed by atoms with Gasteiger partial charge in [-0.3, -0.25) is 4.79 Å². The largest absolute Gasteiger partial charge is 0.493 e. The van der Waals surface area contributed by atoms with Gasteiger partial charge in [0.2, 0.25) is 0 Å².